The van der Waals surface area contributed by atoms with Gasteiger partial charge < -0.3 is 4.98 Å². The summed E-state index contributed by atoms with van der Waals surface area (Å²) in [5.74, 6) is 0.261. The topological polar surface area (TPSA) is 65.7 Å². The third-order valence-electron chi connectivity index (χ3n) is 2.00. The lowest BCUT2D eigenvalue weighted by molar-refractivity contribution is 1.07. The molecule has 4 nitrogen and oxygen atoms in total. The van der Waals surface area contributed by atoms with Crippen molar-refractivity contribution in [3.05, 3.63) is 44.6 Å². The summed E-state index contributed by atoms with van der Waals surface area (Å²) >= 11 is 5.68. The van der Waals surface area contributed by atoms with Crippen molar-refractivity contribution in [3.63, 3.8) is 0 Å². The first-order chi connectivity index (χ1) is 6.72. The molecule has 0 unspecified atom stereocenters. The minimum atomic E-state index is -0.514. The van der Waals surface area contributed by atoms with Crippen LogP contribution in [0.25, 0.3) is 10.9 Å². The molecule has 1 aromatic carbocycles. The molecule has 0 fully saturated rings. The Hall–Kier alpha value is -1.55. The van der Waals surface area contributed by atoms with Crippen molar-refractivity contribution in [2.24, 2.45) is 0 Å². The first kappa shape index (κ1) is 9.02. The van der Waals surface area contributed by atoms with Gasteiger partial charge in [-0.25, -0.2) is 4.79 Å². The first-order valence-electron chi connectivity index (χ1n) is 4.02. The zero-order valence-corrected chi connectivity index (χ0v) is 7.89. The predicted octanol–water partition coefficient (Wildman–Crippen LogP) is 0.955. The Kier molecular flexibility index (Phi) is 2.13. The van der Waals surface area contributed by atoms with Gasteiger partial charge in [-0.05, 0) is 11.6 Å². The van der Waals surface area contributed by atoms with Crippen LogP contribution in [0.15, 0.2) is 27.8 Å². The van der Waals surface area contributed by atoms with Gasteiger partial charge in [0, 0.05) is 5.88 Å². The summed E-state index contributed by atoms with van der Waals surface area (Å²) in [4.78, 5) is 27.1. The fourth-order valence-corrected chi connectivity index (χ4v) is 1.59. The molecule has 0 atom stereocenters. The minimum absolute atomic E-state index is 0.261. The third-order valence-corrected chi connectivity index (χ3v) is 2.29. The van der Waals surface area contributed by atoms with Gasteiger partial charge in [-0.15, -0.1) is 11.6 Å². The van der Waals surface area contributed by atoms with Crippen molar-refractivity contribution in [2.75, 3.05) is 0 Å². The van der Waals surface area contributed by atoms with E-state index in [0.717, 1.165) is 5.56 Å². The van der Waals surface area contributed by atoms with Gasteiger partial charge >= 0.3 is 5.69 Å². The van der Waals surface area contributed by atoms with Crippen molar-refractivity contribution in [1.82, 2.24) is 9.97 Å². The average molecular weight is 211 g/mol. The second kappa shape index (κ2) is 3.31. The first-order valence-corrected chi connectivity index (χ1v) is 4.56. The highest BCUT2D eigenvalue weighted by Crippen LogP contribution is 2.13. The Morgan fingerprint density at radius 3 is 2.71 bits per heavy atom. The summed E-state index contributed by atoms with van der Waals surface area (Å²) in [6.45, 7) is 0. The molecule has 1 aromatic heterocycles. The molecule has 2 rings (SSSR count). The molecule has 0 saturated heterocycles. The smallest absolute Gasteiger partial charge is 0.307 e. The Bertz CT molecular complexity index is 585. The minimum Gasteiger partial charge on any atom is -0.307 e. The fraction of sp³-hybridized carbons (Fsp3) is 0.111. The second-order valence-electron chi connectivity index (χ2n) is 2.88. The van der Waals surface area contributed by atoms with E-state index < -0.39 is 11.2 Å². The standard InChI is InChI=1S/C9H7ClN2O2/c10-4-5-2-1-3-6-7(5)11-9(14)12-8(6)13/h1-3H,4H2,(H2,11,12,13,14). The molecule has 0 amide bonds. The molecular formula is C9H7ClN2O2. The van der Waals surface area contributed by atoms with Gasteiger partial charge in [0.05, 0.1) is 10.9 Å². The molecule has 1 heterocycles. The second-order valence-corrected chi connectivity index (χ2v) is 3.15. The third kappa shape index (κ3) is 1.33. The van der Waals surface area contributed by atoms with Crippen molar-refractivity contribution in [1.29, 1.82) is 0 Å². The molecule has 0 aliphatic rings. The van der Waals surface area contributed by atoms with E-state index >= 15 is 0 Å². The fourth-order valence-electron chi connectivity index (χ4n) is 1.36. The maximum atomic E-state index is 11.3. The number of rotatable bonds is 1. The SMILES string of the molecule is O=c1[nH]c(=O)c2cccc(CCl)c2[nH]1. The lowest BCUT2D eigenvalue weighted by Crippen LogP contribution is -2.22. The number of aromatic nitrogens is 2. The van der Waals surface area contributed by atoms with Gasteiger partial charge in [0.25, 0.3) is 5.56 Å². The molecule has 72 valence electrons. The summed E-state index contributed by atoms with van der Waals surface area (Å²) in [5, 5.41) is 0.447. The van der Waals surface area contributed by atoms with Crippen LogP contribution in [0.3, 0.4) is 0 Å². The Balaban J connectivity index is 3.01. The van der Waals surface area contributed by atoms with Gasteiger partial charge in [-0.1, -0.05) is 12.1 Å². The molecule has 14 heavy (non-hydrogen) atoms. The van der Waals surface area contributed by atoms with Gasteiger partial charge in [0.1, 0.15) is 0 Å². The van der Waals surface area contributed by atoms with Crippen LogP contribution in [0.5, 0.6) is 0 Å². The number of H-pyrrole nitrogens is 2. The highest BCUT2D eigenvalue weighted by atomic mass is 35.5. The quantitative estimate of drug-likeness (QED) is 0.689. The molecule has 0 saturated carbocycles. The maximum absolute atomic E-state index is 11.3. The van der Waals surface area contributed by atoms with Crippen molar-refractivity contribution < 1.29 is 0 Å². The lowest BCUT2D eigenvalue weighted by Gasteiger charge is -2.00. The van der Waals surface area contributed by atoms with Crippen LogP contribution in [-0.4, -0.2) is 9.97 Å². The van der Waals surface area contributed by atoms with E-state index in [1.165, 1.54) is 0 Å². The van der Waals surface area contributed by atoms with E-state index in [1.807, 2.05) is 0 Å². The van der Waals surface area contributed by atoms with Gasteiger partial charge in [0.2, 0.25) is 0 Å². The number of alkyl halides is 1. The van der Waals surface area contributed by atoms with Crippen LogP contribution in [0.2, 0.25) is 0 Å². The molecule has 2 N–H and O–H groups in total. The molecule has 5 heteroatoms. The van der Waals surface area contributed by atoms with Crippen LogP contribution in [0.1, 0.15) is 5.56 Å². The number of aromatic amines is 2. The number of benzene rings is 1. The number of hydrogen-bond acceptors (Lipinski definition) is 2. The van der Waals surface area contributed by atoms with E-state index in [2.05, 4.69) is 9.97 Å². The number of hydrogen-bond donors (Lipinski definition) is 2. The average Bonchev–Trinajstić information content (AvgIpc) is 2.17. The molecule has 0 aliphatic carbocycles. The van der Waals surface area contributed by atoms with Crippen LogP contribution in [-0.2, 0) is 5.88 Å². The zero-order valence-electron chi connectivity index (χ0n) is 7.13. The monoisotopic (exact) mass is 210 g/mol. The van der Waals surface area contributed by atoms with Crippen molar-refractivity contribution >= 4 is 22.5 Å². The summed E-state index contributed by atoms with van der Waals surface area (Å²) in [6.07, 6.45) is 0. The van der Waals surface area contributed by atoms with E-state index in [0.29, 0.717) is 10.9 Å². The molecule has 0 radical (unpaired) electrons. The maximum Gasteiger partial charge on any atom is 0.326 e. The van der Waals surface area contributed by atoms with E-state index in [-0.39, 0.29) is 5.88 Å². The summed E-state index contributed by atoms with van der Waals surface area (Å²) in [7, 11) is 0. The molecule has 0 spiro atoms. The summed E-state index contributed by atoms with van der Waals surface area (Å²) < 4.78 is 0. The van der Waals surface area contributed by atoms with Crippen LogP contribution >= 0.6 is 11.6 Å². The van der Waals surface area contributed by atoms with Gasteiger partial charge in [-0.2, -0.15) is 0 Å². The number of para-hydroxylation sites is 1. The van der Waals surface area contributed by atoms with Crippen LogP contribution in [0, 0.1) is 0 Å². The summed E-state index contributed by atoms with van der Waals surface area (Å²) in [6, 6.07) is 5.14. The molecular weight excluding hydrogens is 204 g/mol. The highest BCUT2D eigenvalue weighted by molar-refractivity contribution is 6.17. The van der Waals surface area contributed by atoms with E-state index in [1.54, 1.807) is 18.2 Å². The van der Waals surface area contributed by atoms with Gasteiger partial charge in [0.15, 0.2) is 0 Å². The molecule has 0 aliphatic heterocycles. The Morgan fingerprint density at radius 1 is 1.21 bits per heavy atom. The van der Waals surface area contributed by atoms with Gasteiger partial charge in [-0.3, -0.25) is 9.78 Å². The number of fused-ring (bicyclic) bond motifs is 1. The van der Waals surface area contributed by atoms with E-state index in [9.17, 15) is 9.59 Å². The summed E-state index contributed by atoms with van der Waals surface area (Å²) in [5.41, 5.74) is 0.347. The van der Waals surface area contributed by atoms with E-state index in [4.69, 9.17) is 11.6 Å². The lowest BCUT2D eigenvalue weighted by atomic mass is 10.1. The Labute approximate surface area is 83.5 Å². The van der Waals surface area contributed by atoms with Crippen molar-refractivity contribution in [2.45, 2.75) is 5.88 Å². The highest BCUT2D eigenvalue weighted by Gasteiger charge is 2.03. The Morgan fingerprint density at radius 2 is 2.00 bits per heavy atom. The largest absolute Gasteiger partial charge is 0.326 e. The number of halogens is 1. The van der Waals surface area contributed by atoms with Crippen LogP contribution in [0.4, 0.5) is 0 Å². The van der Waals surface area contributed by atoms with Crippen molar-refractivity contribution in [3.8, 4) is 0 Å². The zero-order chi connectivity index (χ0) is 10.1. The molecule has 2 aromatic rings. The number of nitrogens with one attached hydrogen (secondary N) is 2. The predicted molar refractivity (Wildman–Crippen MR) is 54.7 cm³/mol. The molecule has 0 bridgehead atoms. The van der Waals surface area contributed by atoms with Crippen LogP contribution < -0.4 is 11.2 Å². The normalized spacial score (nSPS) is 10.6.